The van der Waals surface area contributed by atoms with Crippen LogP contribution in [0.25, 0.3) is 22.2 Å². The number of nitrogens with one attached hydrogen (secondary N) is 1. The minimum Gasteiger partial charge on any atom is -0.496 e. The number of aromatic nitrogens is 2. The lowest BCUT2D eigenvalue weighted by Crippen LogP contribution is -1.85. The van der Waals surface area contributed by atoms with Gasteiger partial charge < -0.3 is 4.74 Å². The van der Waals surface area contributed by atoms with E-state index in [0.29, 0.717) is 5.69 Å². The molecule has 0 atom stereocenters. The molecule has 1 N–H and O–H groups in total. The smallest absolute Gasteiger partial charge is 0.130 e. The molecule has 0 radical (unpaired) electrons. The van der Waals surface area contributed by atoms with Gasteiger partial charge in [0.2, 0.25) is 0 Å². The molecule has 18 heavy (non-hydrogen) atoms. The first-order valence-corrected chi connectivity index (χ1v) is 5.56. The first kappa shape index (κ1) is 10.8. The molecule has 2 aromatic carbocycles. The summed E-state index contributed by atoms with van der Waals surface area (Å²) in [6.07, 6.45) is 0. The maximum Gasteiger partial charge on any atom is 0.130 e. The van der Waals surface area contributed by atoms with Gasteiger partial charge >= 0.3 is 0 Å². The van der Waals surface area contributed by atoms with E-state index in [0.717, 1.165) is 22.2 Å². The fraction of sp³-hybridized carbons (Fsp3) is 0.0714. The minimum absolute atomic E-state index is 0.279. The summed E-state index contributed by atoms with van der Waals surface area (Å²) in [4.78, 5) is 0. The number of methoxy groups -OCH3 is 1. The third kappa shape index (κ3) is 1.62. The number of rotatable bonds is 2. The highest BCUT2D eigenvalue weighted by molar-refractivity contribution is 5.97. The Labute approximate surface area is 103 Å². The minimum atomic E-state index is -0.279. The quantitative estimate of drug-likeness (QED) is 0.748. The summed E-state index contributed by atoms with van der Waals surface area (Å²) in [6, 6.07) is 12.0. The molecule has 0 aliphatic heterocycles. The van der Waals surface area contributed by atoms with Gasteiger partial charge in [-0.2, -0.15) is 5.10 Å². The van der Waals surface area contributed by atoms with Crippen molar-refractivity contribution in [3.63, 3.8) is 0 Å². The SMILES string of the molecule is COc1cccc2[nH]nc(-c3cccc(F)c3)c12. The maximum atomic E-state index is 13.3. The average molecular weight is 242 g/mol. The molecule has 0 amide bonds. The number of H-pyrrole nitrogens is 1. The third-order valence-corrected chi connectivity index (χ3v) is 2.87. The van der Waals surface area contributed by atoms with E-state index < -0.39 is 0 Å². The Morgan fingerprint density at radius 2 is 2.00 bits per heavy atom. The molecule has 0 aliphatic carbocycles. The van der Waals surface area contributed by atoms with Gasteiger partial charge in [-0.1, -0.05) is 18.2 Å². The Balaban J connectivity index is 2.30. The Kier molecular flexibility index (Phi) is 2.48. The van der Waals surface area contributed by atoms with Gasteiger partial charge in [0.15, 0.2) is 0 Å². The Morgan fingerprint density at radius 3 is 2.78 bits per heavy atom. The Hall–Kier alpha value is -2.36. The molecule has 90 valence electrons. The predicted octanol–water partition coefficient (Wildman–Crippen LogP) is 3.38. The van der Waals surface area contributed by atoms with E-state index in [4.69, 9.17) is 4.74 Å². The molecule has 0 saturated heterocycles. The summed E-state index contributed by atoms with van der Waals surface area (Å²) < 4.78 is 18.6. The van der Waals surface area contributed by atoms with Crippen molar-refractivity contribution in [3.8, 4) is 17.0 Å². The van der Waals surface area contributed by atoms with Crippen LogP contribution in [0.15, 0.2) is 42.5 Å². The van der Waals surface area contributed by atoms with Crippen LogP contribution in [0.1, 0.15) is 0 Å². The number of halogens is 1. The molecule has 1 aromatic heterocycles. The van der Waals surface area contributed by atoms with E-state index in [1.165, 1.54) is 12.1 Å². The zero-order chi connectivity index (χ0) is 12.5. The number of ether oxygens (including phenoxy) is 1. The largest absolute Gasteiger partial charge is 0.496 e. The molecule has 0 unspecified atom stereocenters. The first-order valence-electron chi connectivity index (χ1n) is 5.56. The molecular formula is C14H11FN2O. The van der Waals surface area contributed by atoms with Gasteiger partial charge in [-0.15, -0.1) is 0 Å². The standard InChI is InChI=1S/C14H11FN2O/c1-18-12-7-3-6-11-13(12)14(17-16-11)9-4-2-5-10(15)8-9/h2-8H,1H3,(H,16,17). The predicted molar refractivity (Wildman–Crippen MR) is 68.0 cm³/mol. The molecule has 3 rings (SSSR count). The lowest BCUT2D eigenvalue weighted by atomic mass is 10.1. The van der Waals surface area contributed by atoms with Crippen LogP contribution in [0.3, 0.4) is 0 Å². The van der Waals surface area contributed by atoms with Crippen LogP contribution in [-0.2, 0) is 0 Å². The van der Waals surface area contributed by atoms with Gasteiger partial charge in [-0.05, 0) is 24.3 Å². The molecule has 0 spiro atoms. The molecule has 3 aromatic rings. The van der Waals surface area contributed by atoms with Crippen LogP contribution in [0.4, 0.5) is 4.39 Å². The molecule has 3 nitrogen and oxygen atoms in total. The number of hydrogen-bond donors (Lipinski definition) is 1. The van der Waals surface area contributed by atoms with Gasteiger partial charge in [0.25, 0.3) is 0 Å². The van der Waals surface area contributed by atoms with E-state index in [1.54, 1.807) is 13.2 Å². The molecular weight excluding hydrogens is 231 g/mol. The third-order valence-electron chi connectivity index (χ3n) is 2.87. The molecule has 0 aliphatic rings. The van der Waals surface area contributed by atoms with Crippen molar-refractivity contribution in [2.24, 2.45) is 0 Å². The monoisotopic (exact) mass is 242 g/mol. The number of aromatic amines is 1. The molecule has 4 heteroatoms. The lowest BCUT2D eigenvalue weighted by molar-refractivity contribution is 0.420. The average Bonchev–Trinajstić information content (AvgIpc) is 2.82. The molecule has 1 heterocycles. The van der Waals surface area contributed by atoms with Crippen molar-refractivity contribution >= 4 is 10.9 Å². The summed E-state index contributed by atoms with van der Waals surface area (Å²) in [6.45, 7) is 0. The van der Waals surface area contributed by atoms with Crippen molar-refractivity contribution in [3.05, 3.63) is 48.3 Å². The van der Waals surface area contributed by atoms with E-state index in [2.05, 4.69) is 10.2 Å². The van der Waals surface area contributed by atoms with E-state index in [-0.39, 0.29) is 5.82 Å². The molecule has 0 fully saturated rings. The van der Waals surface area contributed by atoms with Crippen molar-refractivity contribution in [1.82, 2.24) is 10.2 Å². The van der Waals surface area contributed by atoms with Gasteiger partial charge in [0, 0.05) is 5.56 Å². The summed E-state index contributed by atoms with van der Waals surface area (Å²) >= 11 is 0. The topological polar surface area (TPSA) is 37.9 Å². The first-order chi connectivity index (χ1) is 8.79. The van der Waals surface area contributed by atoms with Gasteiger partial charge in [0.05, 0.1) is 18.0 Å². The summed E-state index contributed by atoms with van der Waals surface area (Å²) in [5, 5.41) is 8.04. The fourth-order valence-corrected chi connectivity index (χ4v) is 2.06. The summed E-state index contributed by atoms with van der Waals surface area (Å²) in [5.41, 5.74) is 2.29. The normalized spacial score (nSPS) is 10.8. The van der Waals surface area contributed by atoms with Gasteiger partial charge in [0.1, 0.15) is 17.3 Å². The van der Waals surface area contributed by atoms with Crippen LogP contribution in [-0.4, -0.2) is 17.3 Å². The van der Waals surface area contributed by atoms with E-state index in [1.807, 2.05) is 24.3 Å². The Bertz CT molecular complexity index is 706. The highest BCUT2D eigenvalue weighted by atomic mass is 19.1. The van der Waals surface area contributed by atoms with Crippen LogP contribution in [0.2, 0.25) is 0 Å². The number of fused-ring (bicyclic) bond motifs is 1. The highest BCUT2D eigenvalue weighted by Gasteiger charge is 2.12. The van der Waals surface area contributed by atoms with Crippen molar-refractivity contribution < 1.29 is 9.13 Å². The summed E-state index contributed by atoms with van der Waals surface area (Å²) in [5.74, 6) is 0.444. The van der Waals surface area contributed by atoms with Gasteiger partial charge in [-0.25, -0.2) is 4.39 Å². The van der Waals surface area contributed by atoms with Crippen molar-refractivity contribution in [1.29, 1.82) is 0 Å². The van der Waals surface area contributed by atoms with Crippen LogP contribution >= 0.6 is 0 Å². The number of benzene rings is 2. The van der Waals surface area contributed by atoms with Crippen molar-refractivity contribution in [2.45, 2.75) is 0 Å². The fourth-order valence-electron chi connectivity index (χ4n) is 2.06. The zero-order valence-electron chi connectivity index (χ0n) is 9.77. The highest BCUT2D eigenvalue weighted by Crippen LogP contribution is 2.33. The molecule has 0 saturated carbocycles. The molecule has 0 bridgehead atoms. The second-order valence-electron chi connectivity index (χ2n) is 3.97. The van der Waals surface area contributed by atoms with E-state index in [9.17, 15) is 4.39 Å². The van der Waals surface area contributed by atoms with E-state index >= 15 is 0 Å². The van der Waals surface area contributed by atoms with Crippen LogP contribution in [0, 0.1) is 5.82 Å². The Morgan fingerprint density at radius 1 is 1.17 bits per heavy atom. The number of hydrogen-bond acceptors (Lipinski definition) is 2. The second-order valence-corrected chi connectivity index (χ2v) is 3.97. The lowest BCUT2D eigenvalue weighted by Gasteiger charge is -2.03. The maximum absolute atomic E-state index is 13.3. The summed E-state index contributed by atoms with van der Waals surface area (Å²) in [7, 11) is 1.61. The number of nitrogens with zero attached hydrogens (tertiary/aromatic N) is 1. The zero-order valence-corrected chi connectivity index (χ0v) is 9.77. The van der Waals surface area contributed by atoms with Crippen LogP contribution in [0.5, 0.6) is 5.75 Å². The van der Waals surface area contributed by atoms with Crippen molar-refractivity contribution in [2.75, 3.05) is 7.11 Å². The van der Waals surface area contributed by atoms with Gasteiger partial charge in [-0.3, -0.25) is 5.10 Å². The second kappa shape index (κ2) is 4.14. The van der Waals surface area contributed by atoms with Crippen LogP contribution < -0.4 is 4.74 Å².